The van der Waals surface area contributed by atoms with E-state index < -0.39 is 11.7 Å². The number of aliphatic hydroxyl groups is 1. The lowest BCUT2D eigenvalue weighted by molar-refractivity contribution is -0.132. The summed E-state index contributed by atoms with van der Waals surface area (Å²) in [7, 11) is 1.64. The Hall–Kier alpha value is -2.69. The van der Waals surface area contributed by atoms with Crippen molar-refractivity contribution in [1.82, 2.24) is 10.6 Å². The van der Waals surface area contributed by atoms with Gasteiger partial charge in [0.05, 0.1) is 29.7 Å². The van der Waals surface area contributed by atoms with Crippen LogP contribution in [0.25, 0.3) is 0 Å². The van der Waals surface area contributed by atoms with Gasteiger partial charge in [0.15, 0.2) is 5.60 Å². The molecule has 4 aliphatic rings. The summed E-state index contributed by atoms with van der Waals surface area (Å²) < 4.78 is 11.3. The Morgan fingerprint density at radius 3 is 2.67 bits per heavy atom. The standard InChI is InChI=1S/C29H42N4O6/c1-29(2)28(37)32(12-5-13-38-3)23-15-21(10-11-25(23)39-29)33(20-8-9-20)27(36)19-14-18(16-30-17-19)26(35)31-22-6-4-7-24(22)34/h10-11,15,18-20,22,24,30,34H,4-9,12-14,16-17H2,1-3H3,(H,31,35)/t18-,19+,22-,24-/m0/s1. The first-order valence-electron chi connectivity index (χ1n) is 14.4. The number of carbonyl (C=O) groups excluding carboxylic acids is 3. The van der Waals surface area contributed by atoms with Crippen molar-refractivity contribution in [3.8, 4) is 5.75 Å². The Morgan fingerprint density at radius 1 is 1.21 bits per heavy atom. The molecule has 3 N–H and O–H groups in total. The number of fused-ring (bicyclic) bond motifs is 1. The number of hydrogen-bond donors (Lipinski definition) is 3. The van der Waals surface area contributed by atoms with Gasteiger partial charge in [0.25, 0.3) is 5.91 Å². The first-order chi connectivity index (χ1) is 18.7. The maximum absolute atomic E-state index is 14.0. The average molecular weight is 543 g/mol. The van der Waals surface area contributed by atoms with Crippen LogP contribution in [-0.2, 0) is 19.1 Å². The van der Waals surface area contributed by atoms with Crippen LogP contribution in [0, 0.1) is 11.8 Å². The summed E-state index contributed by atoms with van der Waals surface area (Å²) in [6.45, 7) is 5.60. The zero-order chi connectivity index (χ0) is 27.7. The predicted octanol–water partition coefficient (Wildman–Crippen LogP) is 1.98. The number of rotatable bonds is 9. The van der Waals surface area contributed by atoms with Gasteiger partial charge in [0, 0.05) is 45.1 Å². The van der Waals surface area contributed by atoms with E-state index >= 15 is 0 Å². The van der Waals surface area contributed by atoms with E-state index in [4.69, 9.17) is 9.47 Å². The molecular weight excluding hydrogens is 500 g/mol. The molecule has 0 bridgehead atoms. The third-order valence-corrected chi connectivity index (χ3v) is 8.39. The van der Waals surface area contributed by atoms with Crippen molar-refractivity contribution < 1.29 is 29.0 Å². The molecule has 39 heavy (non-hydrogen) atoms. The molecule has 3 fully saturated rings. The van der Waals surface area contributed by atoms with E-state index in [2.05, 4.69) is 10.6 Å². The molecule has 3 amide bonds. The van der Waals surface area contributed by atoms with Crippen LogP contribution in [0.4, 0.5) is 11.4 Å². The highest BCUT2D eigenvalue weighted by atomic mass is 16.5. The first-order valence-corrected chi connectivity index (χ1v) is 14.4. The predicted molar refractivity (Wildman–Crippen MR) is 147 cm³/mol. The second-order valence-electron chi connectivity index (χ2n) is 11.9. The number of carbonyl (C=O) groups is 3. The summed E-state index contributed by atoms with van der Waals surface area (Å²) >= 11 is 0. The summed E-state index contributed by atoms with van der Waals surface area (Å²) in [6.07, 6.45) is 4.91. The number of methoxy groups -OCH3 is 1. The molecule has 0 aromatic heterocycles. The van der Waals surface area contributed by atoms with Gasteiger partial charge in [-0.05, 0) is 77.0 Å². The fourth-order valence-corrected chi connectivity index (χ4v) is 6.08. The van der Waals surface area contributed by atoms with Crippen molar-refractivity contribution in [2.75, 3.05) is 43.2 Å². The van der Waals surface area contributed by atoms with Crippen molar-refractivity contribution in [3.63, 3.8) is 0 Å². The van der Waals surface area contributed by atoms with Gasteiger partial charge in [0.2, 0.25) is 11.8 Å². The van der Waals surface area contributed by atoms with Crippen molar-refractivity contribution in [3.05, 3.63) is 18.2 Å². The SMILES string of the molecule is COCCCN1C(=O)C(C)(C)Oc2ccc(N(C(=O)[C@H]3CNC[C@@H](C(=O)N[C@H]4CCC[C@@H]4O)C3)C3CC3)cc21. The molecule has 0 radical (unpaired) electrons. The molecule has 1 aromatic carbocycles. The number of nitrogens with zero attached hydrogens (tertiary/aromatic N) is 2. The third kappa shape index (κ3) is 5.93. The third-order valence-electron chi connectivity index (χ3n) is 8.39. The molecule has 5 rings (SSSR count). The van der Waals surface area contributed by atoms with Crippen LogP contribution in [0.1, 0.15) is 58.8 Å². The van der Waals surface area contributed by atoms with E-state index in [9.17, 15) is 19.5 Å². The number of nitrogens with one attached hydrogen (secondary N) is 2. The van der Waals surface area contributed by atoms with Crippen LogP contribution in [0.5, 0.6) is 5.75 Å². The molecule has 4 atom stereocenters. The highest BCUT2D eigenvalue weighted by Crippen LogP contribution is 2.43. The molecular formula is C29H42N4O6. The minimum absolute atomic E-state index is 0.00216. The number of aliphatic hydroxyl groups excluding tert-OH is 1. The monoisotopic (exact) mass is 542 g/mol. The van der Waals surface area contributed by atoms with Crippen LogP contribution >= 0.6 is 0 Å². The van der Waals surface area contributed by atoms with Crippen LogP contribution in [0.15, 0.2) is 18.2 Å². The number of piperidine rings is 1. The molecule has 1 saturated heterocycles. The second kappa shape index (κ2) is 11.4. The van der Waals surface area contributed by atoms with E-state index in [0.29, 0.717) is 56.9 Å². The summed E-state index contributed by atoms with van der Waals surface area (Å²) in [5.41, 5.74) is 0.432. The van der Waals surface area contributed by atoms with Crippen molar-refractivity contribution in [2.24, 2.45) is 11.8 Å². The number of anilines is 2. The molecule has 1 aromatic rings. The van der Waals surface area contributed by atoms with Crippen molar-refractivity contribution in [2.45, 2.75) is 82.6 Å². The van der Waals surface area contributed by atoms with Crippen molar-refractivity contribution in [1.29, 1.82) is 0 Å². The lowest BCUT2D eigenvalue weighted by Crippen LogP contribution is -2.53. The van der Waals surface area contributed by atoms with Gasteiger partial charge < -0.3 is 35.0 Å². The van der Waals surface area contributed by atoms with Gasteiger partial charge in [-0.2, -0.15) is 0 Å². The Bertz CT molecular complexity index is 1090. The van der Waals surface area contributed by atoms with Gasteiger partial charge in [0.1, 0.15) is 5.75 Å². The molecule has 10 heteroatoms. The highest BCUT2D eigenvalue weighted by molar-refractivity contribution is 6.04. The Morgan fingerprint density at radius 2 is 1.97 bits per heavy atom. The van der Waals surface area contributed by atoms with E-state index in [1.54, 1.807) is 25.9 Å². The molecule has 0 spiro atoms. The lowest BCUT2D eigenvalue weighted by atomic mass is 9.88. The largest absolute Gasteiger partial charge is 0.476 e. The molecule has 2 aliphatic carbocycles. The van der Waals surface area contributed by atoms with Gasteiger partial charge >= 0.3 is 0 Å². The smallest absolute Gasteiger partial charge is 0.270 e. The molecule has 10 nitrogen and oxygen atoms in total. The van der Waals surface area contributed by atoms with Crippen LogP contribution in [0.2, 0.25) is 0 Å². The van der Waals surface area contributed by atoms with Crippen LogP contribution < -0.4 is 25.2 Å². The number of hydrogen-bond acceptors (Lipinski definition) is 7. The molecule has 2 saturated carbocycles. The van der Waals surface area contributed by atoms with Gasteiger partial charge in [-0.25, -0.2) is 0 Å². The molecule has 214 valence electrons. The fraction of sp³-hybridized carbons (Fsp3) is 0.690. The highest BCUT2D eigenvalue weighted by Gasteiger charge is 2.43. The van der Waals surface area contributed by atoms with Crippen LogP contribution in [-0.4, -0.2) is 80.0 Å². The van der Waals surface area contributed by atoms with Gasteiger partial charge in [-0.3, -0.25) is 14.4 Å². The maximum Gasteiger partial charge on any atom is 0.270 e. The quantitative estimate of drug-likeness (QED) is 0.408. The van der Waals surface area contributed by atoms with Gasteiger partial charge in [-0.15, -0.1) is 0 Å². The number of benzene rings is 1. The van der Waals surface area contributed by atoms with E-state index in [-0.39, 0.29) is 41.6 Å². The molecule has 0 unspecified atom stereocenters. The zero-order valence-corrected chi connectivity index (χ0v) is 23.3. The van der Waals surface area contributed by atoms with E-state index in [0.717, 1.165) is 31.4 Å². The zero-order valence-electron chi connectivity index (χ0n) is 23.3. The fourth-order valence-electron chi connectivity index (χ4n) is 6.08. The van der Waals surface area contributed by atoms with E-state index in [1.807, 2.05) is 23.1 Å². The normalized spacial score (nSPS) is 28.0. The van der Waals surface area contributed by atoms with E-state index in [1.165, 1.54) is 0 Å². The Kier molecular flexibility index (Phi) is 8.16. The summed E-state index contributed by atoms with van der Waals surface area (Å²) in [4.78, 5) is 43.8. The van der Waals surface area contributed by atoms with Crippen molar-refractivity contribution >= 4 is 29.1 Å². The minimum Gasteiger partial charge on any atom is -0.476 e. The maximum atomic E-state index is 14.0. The van der Waals surface area contributed by atoms with Gasteiger partial charge in [-0.1, -0.05) is 0 Å². The topological polar surface area (TPSA) is 120 Å². The molecule has 2 heterocycles. The second-order valence-corrected chi connectivity index (χ2v) is 11.9. The summed E-state index contributed by atoms with van der Waals surface area (Å²) in [5, 5.41) is 16.4. The lowest BCUT2D eigenvalue weighted by Gasteiger charge is -2.39. The Balaban J connectivity index is 1.34. The van der Waals surface area contributed by atoms with Crippen LogP contribution in [0.3, 0.4) is 0 Å². The minimum atomic E-state index is -0.981. The Labute approximate surface area is 230 Å². The number of ether oxygens (including phenoxy) is 2. The molecule has 2 aliphatic heterocycles. The first kappa shape index (κ1) is 27.9. The summed E-state index contributed by atoms with van der Waals surface area (Å²) in [5.74, 6) is -0.261. The number of amides is 3. The summed E-state index contributed by atoms with van der Waals surface area (Å²) in [6, 6.07) is 5.56. The average Bonchev–Trinajstić information content (AvgIpc) is 3.67.